The molecular formula is C22H27N3O3S. The summed E-state index contributed by atoms with van der Waals surface area (Å²) in [5, 5.41) is 0. The van der Waals surface area contributed by atoms with Gasteiger partial charge in [-0.25, -0.2) is 8.93 Å². The van der Waals surface area contributed by atoms with Gasteiger partial charge >= 0.3 is 0 Å². The fraction of sp³-hybridized carbons (Fsp3) is 0.455. The lowest BCUT2D eigenvalue weighted by molar-refractivity contribution is -0.118. The van der Waals surface area contributed by atoms with Crippen molar-refractivity contribution in [2.75, 3.05) is 25.2 Å². The van der Waals surface area contributed by atoms with Crippen LogP contribution in [0.5, 0.6) is 0 Å². The molecule has 154 valence electrons. The quantitative estimate of drug-likeness (QED) is 0.837. The first kappa shape index (κ1) is 20.2. The zero-order valence-electron chi connectivity index (χ0n) is 17.3. The number of rotatable bonds is 4. The number of pyridine rings is 1. The second kappa shape index (κ2) is 7.31. The van der Waals surface area contributed by atoms with Crippen LogP contribution in [0.2, 0.25) is 0 Å². The van der Waals surface area contributed by atoms with Gasteiger partial charge in [-0.15, -0.1) is 0 Å². The van der Waals surface area contributed by atoms with Gasteiger partial charge in [0.05, 0.1) is 28.9 Å². The van der Waals surface area contributed by atoms with E-state index < -0.39 is 16.5 Å². The van der Waals surface area contributed by atoms with Gasteiger partial charge in [0.15, 0.2) is 0 Å². The van der Waals surface area contributed by atoms with E-state index in [2.05, 4.69) is 21.8 Å². The lowest BCUT2D eigenvalue weighted by Gasteiger charge is -2.43. The number of aryl methyl sites for hydroxylation is 1. The number of nitrogens with one attached hydrogen (secondary N) is 1. The van der Waals surface area contributed by atoms with E-state index in [-0.39, 0.29) is 10.7 Å². The lowest BCUT2D eigenvalue weighted by atomic mass is 9.88. The third-order valence-electron chi connectivity index (χ3n) is 5.59. The van der Waals surface area contributed by atoms with Crippen LogP contribution in [0, 0.1) is 0 Å². The number of fused-ring (bicyclic) bond motifs is 1. The maximum Gasteiger partial charge on any atom is 0.227 e. The van der Waals surface area contributed by atoms with Gasteiger partial charge in [-0.05, 0) is 62.1 Å². The number of ether oxygens (including phenoxy) is 1. The van der Waals surface area contributed by atoms with Gasteiger partial charge in [-0.1, -0.05) is 6.07 Å². The number of aromatic nitrogens is 1. The minimum absolute atomic E-state index is 0.152. The Labute approximate surface area is 174 Å². The molecule has 29 heavy (non-hydrogen) atoms. The molecule has 1 aromatic carbocycles. The van der Waals surface area contributed by atoms with Gasteiger partial charge in [-0.3, -0.25) is 9.78 Å². The summed E-state index contributed by atoms with van der Waals surface area (Å²) in [7, 11) is 0.611. The number of amides is 1. The van der Waals surface area contributed by atoms with Crippen molar-refractivity contribution in [3.8, 4) is 11.1 Å². The first-order valence-electron chi connectivity index (χ1n) is 9.82. The highest BCUT2D eigenvalue weighted by molar-refractivity contribution is 7.84. The van der Waals surface area contributed by atoms with Crippen molar-refractivity contribution < 1.29 is 13.7 Å². The summed E-state index contributed by atoms with van der Waals surface area (Å²) in [6, 6.07) is 8.27. The highest BCUT2D eigenvalue weighted by Gasteiger charge is 2.43. The van der Waals surface area contributed by atoms with E-state index in [1.54, 1.807) is 4.90 Å². The molecule has 0 radical (unpaired) electrons. The number of carbonyl (C=O) groups excluding carboxylic acids is 1. The van der Waals surface area contributed by atoms with E-state index in [4.69, 9.17) is 4.74 Å². The Morgan fingerprint density at radius 1 is 1.14 bits per heavy atom. The molecule has 1 N–H and O–H groups in total. The van der Waals surface area contributed by atoms with Crippen molar-refractivity contribution in [3.63, 3.8) is 0 Å². The average Bonchev–Trinajstić information content (AvgIpc) is 2.66. The number of hydrogen-bond acceptors (Lipinski definition) is 4. The number of benzene rings is 1. The Balaban J connectivity index is 1.66. The molecule has 4 rings (SSSR count). The van der Waals surface area contributed by atoms with Crippen LogP contribution in [-0.4, -0.2) is 40.1 Å². The van der Waals surface area contributed by atoms with E-state index in [0.29, 0.717) is 19.6 Å². The van der Waals surface area contributed by atoms with Crippen molar-refractivity contribution in [1.29, 1.82) is 0 Å². The first-order chi connectivity index (χ1) is 13.7. The SMILES string of the molecule is CN1C(=O)CCc2cc(-c3cncc(C4(NS(=O)C(C)(C)C)COC4)c3)ccc21. The Hall–Kier alpha value is -2.09. The Morgan fingerprint density at radius 2 is 1.90 bits per heavy atom. The van der Waals surface area contributed by atoms with Crippen molar-refractivity contribution in [1.82, 2.24) is 9.71 Å². The summed E-state index contributed by atoms with van der Waals surface area (Å²) < 4.78 is 21.1. The smallest absolute Gasteiger partial charge is 0.227 e. The first-order valence-corrected chi connectivity index (χ1v) is 11.0. The molecule has 0 saturated carbocycles. The van der Waals surface area contributed by atoms with Gasteiger partial charge in [-0.2, -0.15) is 0 Å². The van der Waals surface area contributed by atoms with Crippen molar-refractivity contribution in [2.24, 2.45) is 0 Å². The van der Waals surface area contributed by atoms with Gasteiger partial charge in [0.25, 0.3) is 0 Å². The second-order valence-corrected chi connectivity index (χ2v) is 10.8. The van der Waals surface area contributed by atoms with Crippen LogP contribution in [0.1, 0.15) is 38.3 Å². The minimum atomic E-state index is -1.21. The number of nitrogens with zero attached hydrogens (tertiary/aromatic N) is 2. The molecule has 1 amide bonds. The van der Waals surface area contributed by atoms with Crippen LogP contribution in [0.25, 0.3) is 11.1 Å². The Kier molecular flexibility index (Phi) is 5.09. The predicted octanol–water partition coefficient (Wildman–Crippen LogP) is 2.93. The van der Waals surface area contributed by atoms with Crippen LogP contribution in [0.3, 0.4) is 0 Å². The molecule has 2 aliphatic rings. The molecule has 0 aliphatic carbocycles. The molecule has 2 aromatic rings. The molecule has 1 fully saturated rings. The highest BCUT2D eigenvalue weighted by Crippen LogP contribution is 2.35. The summed E-state index contributed by atoms with van der Waals surface area (Å²) in [6.07, 6.45) is 4.96. The summed E-state index contributed by atoms with van der Waals surface area (Å²) >= 11 is 0. The van der Waals surface area contributed by atoms with E-state index in [1.807, 2.05) is 52.3 Å². The normalized spacial score (nSPS) is 19.4. The van der Waals surface area contributed by atoms with Gasteiger partial charge in [0, 0.05) is 37.1 Å². The monoisotopic (exact) mass is 413 g/mol. The molecule has 3 heterocycles. The van der Waals surface area contributed by atoms with Crippen LogP contribution in [0.15, 0.2) is 36.7 Å². The minimum Gasteiger partial charge on any atom is -0.377 e. The molecule has 1 saturated heterocycles. The maximum absolute atomic E-state index is 12.7. The largest absolute Gasteiger partial charge is 0.377 e. The molecule has 1 unspecified atom stereocenters. The second-order valence-electron chi connectivity index (χ2n) is 8.82. The fourth-order valence-corrected chi connectivity index (χ4v) is 4.51. The van der Waals surface area contributed by atoms with E-state index in [0.717, 1.165) is 28.8 Å². The van der Waals surface area contributed by atoms with Gasteiger partial charge in [0.2, 0.25) is 5.91 Å². The molecule has 1 atom stereocenters. The van der Waals surface area contributed by atoms with Gasteiger partial charge < -0.3 is 9.64 Å². The topological polar surface area (TPSA) is 71.5 Å². The zero-order chi connectivity index (χ0) is 20.8. The Morgan fingerprint density at radius 3 is 2.55 bits per heavy atom. The molecular weight excluding hydrogens is 386 g/mol. The number of hydrogen-bond donors (Lipinski definition) is 1. The third kappa shape index (κ3) is 3.74. The molecule has 6 nitrogen and oxygen atoms in total. The standard InChI is InChI=1S/C22H27N3O3S/c1-21(2,3)29(27)24-22(13-28-14-22)18-10-17(11-23-12-18)15-5-7-19-16(9-15)6-8-20(26)25(19)4/h5,7,9-12,24H,6,8,13-14H2,1-4H3. The highest BCUT2D eigenvalue weighted by atomic mass is 32.2. The molecule has 1 aromatic heterocycles. The average molecular weight is 414 g/mol. The molecule has 7 heteroatoms. The number of anilines is 1. The molecule has 0 spiro atoms. The number of carbonyl (C=O) groups is 1. The van der Waals surface area contributed by atoms with E-state index in [1.165, 1.54) is 5.56 Å². The molecule has 2 aliphatic heterocycles. The zero-order valence-corrected chi connectivity index (χ0v) is 18.1. The Bertz CT molecular complexity index is 980. The lowest BCUT2D eigenvalue weighted by Crippen LogP contribution is -2.60. The van der Waals surface area contributed by atoms with E-state index >= 15 is 0 Å². The van der Waals surface area contributed by atoms with Crippen LogP contribution >= 0.6 is 0 Å². The predicted molar refractivity (Wildman–Crippen MR) is 115 cm³/mol. The summed E-state index contributed by atoms with van der Waals surface area (Å²) in [4.78, 5) is 18.1. The van der Waals surface area contributed by atoms with Crippen molar-refractivity contribution in [2.45, 2.75) is 43.9 Å². The molecule has 0 bridgehead atoms. The van der Waals surface area contributed by atoms with Crippen molar-refractivity contribution in [3.05, 3.63) is 47.8 Å². The van der Waals surface area contributed by atoms with Crippen LogP contribution in [-0.2, 0) is 32.5 Å². The van der Waals surface area contributed by atoms with E-state index in [9.17, 15) is 9.00 Å². The summed E-state index contributed by atoms with van der Waals surface area (Å²) in [5.41, 5.74) is 4.70. The van der Waals surface area contributed by atoms with Crippen LogP contribution < -0.4 is 9.62 Å². The van der Waals surface area contributed by atoms with Gasteiger partial charge in [0.1, 0.15) is 5.54 Å². The summed E-state index contributed by atoms with van der Waals surface area (Å²) in [5.74, 6) is 0.152. The third-order valence-corrected chi connectivity index (χ3v) is 7.28. The van der Waals surface area contributed by atoms with Crippen LogP contribution in [0.4, 0.5) is 5.69 Å². The van der Waals surface area contributed by atoms with Crippen molar-refractivity contribution >= 4 is 22.6 Å². The summed E-state index contributed by atoms with van der Waals surface area (Å²) in [6.45, 7) is 6.79. The maximum atomic E-state index is 12.7. The fourth-order valence-electron chi connectivity index (χ4n) is 3.62.